The Morgan fingerprint density at radius 3 is 2.70 bits per heavy atom. The van der Waals surface area contributed by atoms with Crippen LogP contribution < -0.4 is 5.32 Å². The van der Waals surface area contributed by atoms with Crippen molar-refractivity contribution in [2.75, 3.05) is 40.0 Å². The van der Waals surface area contributed by atoms with Crippen molar-refractivity contribution in [3.8, 4) is 0 Å². The average Bonchev–Trinajstić information content (AvgIpc) is 2.90. The molecule has 8 heteroatoms. The van der Waals surface area contributed by atoms with Gasteiger partial charge in [-0.2, -0.15) is 0 Å². The third-order valence-electron chi connectivity index (χ3n) is 3.09. The molecule has 0 aromatic heterocycles. The van der Waals surface area contributed by atoms with Crippen LogP contribution in [0.2, 0.25) is 0 Å². The largest absolute Gasteiger partial charge is 0.479 e. The molecule has 1 aliphatic heterocycles. The molecule has 1 rings (SSSR count). The minimum absolute atomic E-state index is 0.127. The molecule has 0 aromatic rings. The van der Waals surface area contributed by atoms with Crippen molar-refractivity contribution in [1.82, 2.24) is 10.2 Å². The Kier molecular flexibility index (Phi) is 7.27. The highest BCUT2D eigenvalue weighted by atomic mass is 16.5. The Morgan fingerprint density at radius 1 is 1.40 bits per heavy atom. The number of carboxylic acid groups (broad SMARTS) is 1. The lowest BCUT2D eigenvalue weighted by atomic mass is 10.2. The van der Waals surface area contributed by atoms with Crippen LogP contribution >= 0.6 is 0 Å². The van der Waals surface area contributed by atoms with Gasteiger partial charge >= 0.3 is 12.0 Å². The normalized spacial score (nSPS) is 21.7. The van der Waals surface area contributed by atoms with E-state index in [1.807, 2.05) is 0 Å². The quantitative estimate of drug-likeness (QED) is 0.544. The van der Waals surface area contributed by atoms with Crippen LogP contribution in [0.1, 0.15) is 12.8 Å². The summed E-state index contributed by atoms with van der Waals surface area (Å²) >= 11 is 0. The van der Waals surface area contributed by atoms with Crippen molar-refractivity contribution in [2.24, 2.45) is 0 Å². The van der Waals surface area contributed by atoms with Crippen LogP contribution in [0.25, 0.3) is 0 Å². The van der Waals surface area contributed by atoms with Crippen molar-refractivity contribution < 1.29 is 29.3 Å². The first-order chi connectivity index (χ1) is 9.58. The number of rotatable bonds is 8. The summed E-state index contributed by atoms with van der Waals surface area (Å²) < 4.78 is 10.2. The van der Waals surface area contributed by atoms with Crippen LogP contribution in [0.4, 0.5) is 4.79 Å². The van der Waals surface area contributed by atoms with Gasteiger partial charge in [-0.15, -0.1) is 0 Å². The number of carbonyl (C=O) groups excluding carboxylic acids is 1. The van der Waals surface area contributed by atoms with Crippen LogP contribution in [0.3, 0.4) is 0 Å². The first kappa shape index (κ1) is 16.7. The Hall–Kier alpha value is -1.38. The number of urea groups is 1. The maximum Gasteiger partial charge on any atom is 0.332 e. The van der Waals surface area contributed by atoms with Gasteiger partial charge in [0.15, 0.2) is 6.10 Å². The van der Waals surface area contributed by atoms with Gasteiger partial charge in [-0.25, -0.2) is 9.59 Å². The zero-order valence-electron chi connectivity index (χ0n) is 11.6. The molecule has 2 atom stereocenters. The molecule has 0 spiro atoms. The van der Waals surface area contributed by atoms with Gasteiger partial charge in [-0.3, -0.25) is 0 Å². The molecule has 1 saturated heterocycles. The Balaban J connectivity index is 2.32. The fraction of sp³-hybridized carbons (Fsp3) is 0.833. The lowest BCUT2D eigenvalue weighted by Gasteiger charge is -2.22. The molecule has 20 heavy (non-hydrogen) atoms. The van der Waals surface area contributed by atoms with Crippen molar-refractivity contribution in [2.45, 2.75) is 25.0 Å². The number of ether oxygens (including phenoxy) is 2. The van der Waals surface area contributed by atoms with Crippen LogP contribution in [0, 0.1) is 0 Å². The predicted molar refractivity (Wildman–Crippen MR) is 69.5 cm³/mol. The number of nitrogens with one attached hydrogen (secondary N) is 1. The minimum Gasteiger partial charge on any atom is -0.479 e. The summed E-state index contributed by atoms with van der Waals surface area (Å²) in [6.07, 6.45) is 0.00673. The Bertz CT molecular complexity index is 325. The van der Waals surface area contributed by atoms with E-state index in [0.717, 1.165) is 0 Å². The second kappa shape index (κ2) is 8.72. The molecule has 3 N–H and O–H groups in total. The highest BCUT2D eigenvalue weighted by molar-refractivity contribution is 5.74. The summed E-state index contributed by atoms with van der Waals surface area (Å²) in [6, 6.07) is -0.321. The lowest BCUT2D eigenvalue weighted by molar-refractivity contribution is -0.149. The van der Waals surface area contributed by atoms with Crippen molar-refractivity contribution in [3.05, 3.63) is 0 Å². The second-order valence-corrected chi connectivity index (χ2v) is 4.55. The number of hydrogen-bond donors (Lipinski definition) is 3. The number of amides is 2. The van der Waals surface area contributed by atoms with Crippen LogP contribution in [-0.4, -0.2) is 79.3 Å². The Morgan fingerprint density at radius 2 is 2.15 bits per heavy atom. The number of aliphatic hydroxyl groups is 1. The number of hydrogen-bond acceptors (Lipinski definition) is 5. The fourth-order valence-electron chi connectivity index (χ4n) is 1.99. The summed E-state index contributed by atoms with van der Waals surface area (Å²) in [4.78, 5) is 24.1. The minimum atomic E-state index is -0.971. The number of methoxy groups -OCH3 is 1. The lowest BCUT2D eigenvalue weighted by Crippen LogP contribution is -2.45. The summed E-state index contributed by atoms with van der Waals surface area (Å²) in [6.45, 7) is 1.12. The molecule has 0 aromatic carbocycles. The SMILES string of the molecule is COCCN(CCO)C(=O)NCC1CCC(C(=O)O)O1. The smallest absolute Gasteiger partial charge is 0.332 e. The van der Waals surface area contributed by atoms with Gasteiger partial charge in [-0.05, 0) is 12.8 Å². The maximum atomic E-state index is 11.9. The first-order valence-corrected chi connectivity index (χ1v) is 6.59. The zero-order valence-corrected chi connectivity index (χ0v) is 11.6. The van der Waals surface area contributed by atoms with Gasteiger partial charge in [0.1, 0.15) is 0 Å². The summed E-state index contributed by atoms with van der Waals surface area (Å²) in [5.41, 5.74) is 0. The fourth-order valence-corrected chi connectivity index (χ4v) is 1.99. The van der Waals surface area contributed by atoms with E-state index in [0.29, 0.717) is 26.0 Å². The molecule has 1 fully saturated rings. The zero-order chi connectivity index (χ0) is 15.0. The third-order valence-corrected chi connectivity index (χ3v) is 3.09. The summed E-state index contributed by atoms with van der Waals surface area (Å²) in [5.74, 6) is -0.971. The van der Waals surface area contributed by atoms with E-state index in [4.69, 9.17) is 19.7 Å². The first-order valence-electron chi connectivity index (χ1n) is 6.59. The van der Waals surface area contributed by atoms with Crippen LogP contribution in [-0.2, 0) is 14.3 Å². The average molecular weight is 290 g/mol. The highest BCUT2D eigenvalue weighted by Gasteiger charge is 2.30. The van der Waals surface area contributed by atoms with Gasteiger partial charge in [0.05, 0.1) is 19.3 Å². The molecule has 0 bridgehead atoms. The van der Waals surface area contributed by atoms with Crippen LogP contribution in [0.5, 0.6) is 0 Å². The van der Waals surface area contributed by atoms with Gasteiger partial charge in [0.25, 0.3) is 0 Å². The summed E-state index contributed by atoms with van der Waals surface area (Å²) in [5, 5.41) is 20.4. The Labute approximate surface area is 117 Å². The standard InChI is InChI=1S/C12H22N2O6/c1-19-7-5-14(4-6-15)12(18)13-8-9-2-3-10(20-9)11(16)17/h9-10,15H,2-8H2,1H3,(H,13,18)(H,16,17). The van der Waals surface area contributed by atoms with Gasteiger partial charge in [-0.1, -0.05) is 0 Å². The van der Waals surface area contributed by atoms with Gasteiger partial charge < -0.3 is 29.9 Å². The van der Waals surface area contributed by atoms with Crippen molar-refractivity contribution in [1.29, 1.82) is 0 Å². The molecule has 0 saturated carbocycles. The third kappa shape index (κ3) is 5.32. The number of nitrogens with zero attached hydrogens (tertiary/aromatic N) is 1. The highest BCUT2D eigenvalue weighted by Crippen LogP contribution is 2.19. The van der Waals surface area contributed by atoms with Crippen molar-refractivity contribution >= 4 is 12.0 Å². The van der Waals surface area contributed by atoms with E-state index >= 15 is 0 Å². The molecule has 1 heterocycles. The predicted octanol–water partition coefficient (Wildman–Crippen LogP) is -0.731. The molecular weight excluding hydrogens is 268 g/mol. The molecule has 2 amide bonds. The maximum absolute atomic E-state index is 11.9. The molecule has 0 aliphatic carbocycles. The number of carbonyl (C=O) groups is 2. The van der Waals surface area contributed by atoms with E-state index in [1.165, 1.54) is 12.0 Å². The number of aliphatic hydroxyl groups excluding tert-OH is 1. The van der Waals surface area contributed by atoms with E-state index < -0.39 is 12.1 Å². The molecular formula is C12H22N2O6. The monoisotopic (exact) mass is 290 g/mol. The summed E-state index contributed by atoms with van der Waals surface area (Å²) in [7, 11) is 1.54. The number of aliphatic carboxylic acids is 1. The van der Waals surface area contributed by atoms with Crippen molar-refractivity contribution in [3.63, 3.8) is 0 Å². The van der Waals surface area contributed by atoms with Crippen LogP contribution in [0.15, 0.2) is 0 Å². The van der Waals surface area contributed by atoms with Gasteiger partial charge in [0.2, 0.25) is 0 Å². The number of carboxylic acids is 1. The topological polar surface area (TPSA) is 108 Å². The molecule has 116 valence electrons. The molecule has 0 radical (unpaired) electrons. The van der Waals surface area contributed by atoms with E-state index in [-0.39, 0.29) is 31.8 Å². The van der Waals surface area contributed by atoms with Gasteiger partial charge in [0, 0.05) is 26.7 Å². The van der Waals surface area contributed by atoms with E-state index in [2.05, 4.69) is 5.32 Å². The molecule has 8 nitrogen and oxygen atoms in total. The van der Waals surface area contributed by atoms with E-state index in [9.17, 15) is 9.59 Å². The second-order valence-electron chi connectivity index (χ2n) is 4.55. The molecule has 1 aliphatic rings. The molecule has 2 unspecified atom stereocenters. The van der Waals surface area contributed by atoms with E-state index in [1.54, 1.807) is 0 Å².